The van der Waals surface area contributed by atoms with E-state index >= 15 is 0 Å². The quantitative estimate of drug-likeness (QED) is 0.791. The summed E-state index contributed by atoms with van der Waals surface area (Å²) < 4.78 is 18.2. The van der Waals surface area contributed by atoms with E-state index in [1.807, 2.05) is 0 Å². The van der Waals surface area contributed by atoms with Crippen molar-refractivity contribution in [3.63, 3.8) is 0 Å². The van der Waals surface area contributed by atoms with Crippen molar-refractivity contribution < 1.29 is 8.91 Å². The van der Waals surface area contributed by atoms with E-state index in [9.17, 15) is 4.39 Å². The van der Waals surface area contributed by atoms with Crippen LogP contribution in [0.1, 0.15) is 5.76 Å². The molecule has 0 saturated carbocycles. The largest absolute Gasteiger partial charge is 0.359 e. The molecule has 0 aliphatic rings. The number of nitrogens with two attached hydrogens (primary N) is 1. The van der Waals surface area contributed by atoms with E-state index in [0.717, 1.165) is 0 Å². The van der Waals surface area contributed by atoms with Crippen LogP contribution < -0.4 is 5.73 Å². The molecule has 72 valence electrons. The number of rotatable bonds is 2. The third-order valence-corrected chi connectivity index (χ3v) is 1.91. The Balaban J connectivity index is 2.44. The Morgan fingerprint density at radius 3 is 2.79 bits per heavy atom. The molecule has 4 heteroatoms. The fraction of sp³-hybridized carbons (Fsp3) is 0.100. The van der Waals surface area contributed by atoms with E-state index < -0.39 is 0 Å². The summed E-state index contributed by atoms with van der Waals surface area (Å²) in [6.45, 7) is 0.265. The highest BCUT2D eigenvalue weighted by atomic mass is 19.1. The Labute approximate surface area is 80.3 Å². The van der Waals surface area contributed by atoms with Crippen molar-refractivity contribution in [1.29, 1.82) is 0 Å². The van der Waals surface area contributed by atoms with Crippen LogP contribution in [0.25, 0.3) is 11.3 Å². The summed E-state index contributed by atoms with van der Waals surface area (Å²) in [5.74, 6) is 0.229. The smallest absolute Gasteiger partial charge is 0.150 e. The molecule has 0 unspecified atom stereocenters. The maximum absolute atomic E-state index is 13.3. The molecular weight excluding hydrogens is 183 g/mol. The van der Waals surface area contributed by atoms with Crippen LogP contribution in [0.3, 0.4) is 0 Å². The molecule has 2 aromatic rings. The molecule has 3 nitrogen and oxygen atoms in total. The number of hydrogen-bond acceptors (Lipinski definition) is 3. The highest BCUT2D eigenvalue weighted by Crippen LogP contribution is 2.21. The van der Waals surface area contributed by atoms with Crippen molar-refractivity contribution in [3.05, 3.63) is 41.9 Å². The van der Waals surface area contributed by atoms with E-state index in [4.69, 9.17) is 10.3 Å². The van der Waals surface area contributed by atoms with Gasteiger partial charge in [-0.2, -0.15) is 0 Å². The maximum Gasteiger partial charge on any atom is 0.150 e. The molecule has 0 fully saturated rings. The zero-order valence-electron chi connectivity index (χ0n) is 7.40. The fourth-order valence-electron chi connectivity index (χ4n) is 1.21. The highest BCUT2D eigenvalue weighted by Gasteiger charge is 2.08. The van der Waals surface area contributed by atoms with E-state index in [0.29, 0.717) is 17.0 Å². The molecule has 0 saturated heterocycles. The Morgan fingerprint density at radius 2 is 2.14 bits per heavy atom. The second-order valence-electron chi connectivity index (χ2n) is 2.86. The molecule has 1 aromatic heterocycles. The first kappa shape index (κ1) is 8.90. The van der Waals surface area contributed by atoms with Gasteiger partial charge in [0.1, 0.15) is 11.5 Å². The van der Waals surface area contributed by atoms with Crippen molar-refractivity contribution in [2.24, 2.45) is 5.73 Å². The lowest BCUT2D eigenvalue weighted by molar-refractivity contribution is 0.386. The van der Waals surface area contributed by atoms with E-state index in [1.54, 1.807) is 24.3 Å². The molecule has 14 heavy (non-hydrogen) atoms. The Bertz CT molecular complexity index is 439. The zero-order valence-corrected chi connectivity index (χ0v) is 7.40. The third-order valence-electron chi connectivity index (χ3n) is 1.91. The summed E-state index contributed by atoms with van der Waals surface area (Å²) in [6, 6.07) is 8.04. The lowest BCUT2D eigenvalue weighted by Gasteiger charge is -1.95. The van der Waals surface area contributed by atoms with E-state index in [1.165, 1.54) is 6.07 Å². The molecule has 1 aromatic carbocycles. The minimum Gasteiger partial charge on any atom is -0.359 e. The molecule has 0 atom stereocenters. The lowest BCUT2D eigenvalue weighted by Crippen LogP contribution is -1.92. The molecule has 0 amide bonds. The zero-order chi connectivity index (χ0) is 9.97. The molecule has 1 heterocycles. The van der Waals surface area contributed by atoms with Gasteiger partial charge in [-0.3, -0.25) is 0 Å². The van der Waals surface area contributed by atoms with Crippen LogP contribution in [0.5, 0.6) is 0 Å². The first-order chi connectivity index (χ1) is 6.81. The summed E-state index contributed by atoms with van der Waals surface area (Å²) in [7, 11) is 0. The number of nitrogens with zero attached hydrogens (tertiary/aromatic N) is 1. The Hall–Kier alpha value is -1.68. The standard InChI is InChI=1S/C10H9FN2O/c11-9-4-2-1-3-8(9)10-5-7(6-12)14-13-10/h1-5H,6,12H2. The van der Waals surface area contributed by atoms with Crippen molar-refractivity contribution in [2.45, 2.75) is 6.54 Å². The molecule has 2 N–H and O–H groups in total. The molecular formula is C10H9FN2O. The molecule has 0 aliphatic carbocycles. The summed E-state index contributed by atoms with van der Waals surface area (Å²) in [5, 5.41) is 3.72. The molecule has 0 bridgehead atoms. The van der Waals surface area contributed by atoms with Gasteiger partial charge in [-0.05, 0) is 12.1 Å². The number of benzene rings is 1. The second kappa shape index (κ2) is 3.59. The van der Waals surface area contributed by atoms with Crippen LogP contribution in [0.2, 0.25) is 0 Å². The topological polar surface area (TPSA) is 52.0 Å². The van der Waals surface area contributed by atoms with Crippen LogP contribution in [-0.2, 0) is 6.54 Å². The molecule has 0 radical (unpaired) electrons. The van der Waals surface area contributed by atoms with Gasteiger partial charge in [0.05, 0.1) is 6.54 Å². The average Bonchev–Trinajstić information content (AvgIpc) is 2.67. The van der Waals surface area contributed by atoms with E-state index in [-0.39, 0.29) is 12.4 Å². The van der Waals surface area contributed by atoms with Crippen LogP contribution in [0.15, 0.2) is 34.9 Å². The summed E-state index contributed by atoms with van der Waals surface area (Å²) in [4.78, 5) is 0. The first-order valence-corrected chi connectivity index (χ1v) is 4.22. The van der Waals surface area contributed by atoms with Gasteiger partial charge in [-0.15, -0.1) is 0 Å². The molecule has 0 spiro atoms. The minimum atomic E-state index is -0.315. The van der Waals surface area contributed by atoms with E-state index in [2.05, 4.69) is 5.16 Å². The van der Waals surface area contributed by atoms with Crippen LogP contribution in [0.4, 0.5) is 4.39 Å². The van der Waals surface area contributed by atoms with Gasteiger partial charge in [0.2, 0.25) is 0 Å². The highest BCUT2D eigenvalue weighted by molar-refractivity contribution is 5.59. The van der Waals surface area contributed by atoms with Gasteiger partial charge < -0.3 is 10.3 Å². The normalized spacial score (nSPS) is 10.4. The predicted molar refractivity (Wildman–Crippen MR) is 49.8 cm³/mol. The number of halogens is 1. The van der Waals surface area contributed by atoms with Gasteiger partial charge in [0, 0.05) is 11.6 Å². The van der Waals surface area contributed by atoms with Crippen molar-refractivity contribution in [1.82, 2.24) is 5.16 Å². The van der Waals surface area contributed by atoms with Crippen molar-refractivity contribution >= 4 is 0 Å². The maximum atomic E-state index is 13.3. The monoisotopic (exact) mass is 192 g/mol. The van der Waals surface area contributed by atoms with Crippen LogP contribution >= 0.6 is 0 Å². The second-order valence-corrected chi connectivity index (χ2v) is 2.86. The fourth-order valence-corrected chi connectivity index (χ4v) is 1.21. The summed E-state index contributed by atoms with van der Waals surface area (Å²) in [6.07, 6.45) is 0. The summed E-state index contributed by atoms with van der Waals surface area (Å²) in [5.41, 5.74) is 6.25. The Kier molecular flexibility index (Phi) is 2.28. The summed E-state index contributed by atoms with van der Waals surface area (Å²) >= 11 is 0. The van der Waals surface area contributed by atoms with Gasteiger partial charge in [0.25, 0.3) is 0 Å². The SMILES string of the molecule is NCc1cc(-c2ccccc2F)no1. The lowest BCUT2D eigenvalue weighted by atomic mass is 10.1. The van der Waals surface area contributed by atoms with Crippen LogP contribution in [-0.4, -0.2) is 5.16 Å². The number of aromatic nitrogens is 1. The molecule has 2 rings (SSSR count). The average molecular weight is 192 g/mol. The Morgan fingerprint density at radius 1 is 1.36 bits per heavy atom. The van der Waals surface area contributed by atoms with Gasteiger partial charge >= 0.3 is 0 Å². The first-order valence-electron chi connectivity index (χ1n) is 4.22. The number of hydrogen-bond donors (Lipinski definition) is 1. The predicted octanol–water partition coefficient (Wildman–Crippen LogP) is 1.94. The van der Waals surface area contributed by atoms with Gasteiger partial charge in [-0.25, -0.2) is 4.39 Å². The van der Waals surface area contributed by atoms with Crippen molar-refractivity contribution in [3.8, 4) is 11.3 Å². The van der Waals surface area contributed by atoms with Gasteiger partial charge in [-0.1, -0.05) is 17.3 Å². The van der Waals surface area contributed by atoms with Crippen LogP contribution in [0, 0.1) is 5.82 Å². The molecule has 0 aliphatic heterocycles. The van der Waals surface area contributed by atoms with Gasteiger partial charge in [0.15, 0.2) is 5.76 Å². The van der Waals surface area contributed by atoms with Crippen molar-refractivity contribution in [2.75, 3.05) is 0 Å². The minimum absolute atomic E-state index is 0.265. The third kappa shape index (κ3) is 1.52.